The molecule has 5 heteroatoms. The summed E-state index contributed by atoms with van der Waals surface area (Å²) in [5.74, 6) is 0.781. The lowest BCUT2D eigenvalue weighted by Crippen LogP contribution is -2.22. The van der Waals surface area contributed by atoms with Crippen molar-refractivity contribution in [3.05, 3.63) is 64.1 Å². The van der Waals surface area contributed by atoms with Crippen LogP contribution in [0.2, 0.25) is 0 Å². The molecular formula is C18H17BrN2OS. The predicted octanol–water partition coefficient (Wildman–Crippen LogP) is 4.78. The van der Waals surface area contributed by atoms with Gasteiger partial charge in [0.2, 0.25) is 5.91 Å². The van der Waals surface area contributed by atoms with Crippen molar-refractivity contribution in [1.29, 1.82) is 5.26 Å². The van der Waals surface area contributed by atoms with E-state index in [1.54, 1.807) is 11.8 Å². The van der Waals surface area contributed by atoms with E-state index in [1.807, 2.05) is 43.3 Å². The Kier molecular flexibility index (Phi) is 6.69. The van der Waals surface area contributed by atoms with Gasteiger partial charge in [0, 0.05) is 15.9 Å². The summed E-state index contributed by atoms with van der Waals surface area (Å²) in [5, 5.41) is 11.4. The van der Waals surface area contributed by atoms with E-state index in [4.69, 9.17) is 5.26 Å². The Labute approximate surface area is 149 Å². The average molecular weight is 389 g/mol. The van der Waals surface area contributed by atoms with Gasteiger partial charge in [-0.1, -0.05) is 40.2 Å². The Hall–Kier alpha value is -1.77. The number of nitrogens with zero attached hydrogens (tertiary/aromatic N) is 1. The first-order valence-electron chi connectivity index (χ1n) is 7.21. The van der Waals surface area contributed by atoms with Crippen molar-refractivity contribution in [2.45, 2.75) is 24.3 Å². The molecule has 0 aromatic heterocycles. The molecule has 0 aliphatic heterocycles. The lowest BCUT2D eigenvalue weighted by molar-refractivity contribution is -0.115. The first-order chi connectivity index (χ1) is 11.1. The summed E-state index contributed by atoms with van der Waals surface area (Å²) in [4.78, 5) is 12.2. The van der Waals surface area contributed by atoms with Crippen LogP contribution in [0.15, 0.2) is 53.0 Å². The van der Waals surface area contributed by atoms with Gasteiger partial charge in [-0.2, -0.15) is 5.26 Å². The van der Waals surface area contributed by atoms with Crippen LogP contribution in [0.3, 0.4) is 0 Å². The van der Waals surface area contributed by atoms with Crippen molar-refractivity contribution in [2.75, 3.05) is 5.32 Å². The van der Waals surface area contributed by atoms with Crippen molar-refractivity contribution in [3.63, 3.8) is 0 Å². The topological polar surface area (TPSA) is 52.9 Å². The highest BCUT2D eigenvalue weighted by Crippen LogP contribution is 2.21. The number of rotatable bonds is 6. The second-order valence-electron chi connectivity index (χ2n) is 5.10. The summed E-state index contributed by atoms with van der Waals surface area (Å²) < 4.78 is 1.05. The normalized spacial score (nSPS) is 11.5. The molecule has 0 radical (unpaired) electrons. The Morgan fingerprint density at radius 2 is 1.78 bits per heavy atom. The summed E-state index contributed by atoms with van der Waals surface area (Å²) in [6.45, 7) is 1.91. The molecule has 2 aromatic carbocycles. The fourth-order valence-corrected chi connectivity index (χ4v) is 3.03. The van der Waals surface area contributed by atoms with Crippen LogP contribution in [0.25, 0.3) is 0 Å². The zero-order valence-electron chi connectivity index (χ0n) is 12.8. The number of hydrogen-bond donors (Lipinski definition) is 1. The summed E-state index contributed by atoms with van der Waals surface area (Å²) in [7, 11) is 0. The monoisotopic (exact) mass is 388 g/mol. The molecule has 0 spiro atoms. The van der Waals surface area contributed by atoms with Gasteiger partial charge in [-0.25, -0.2) is 0 Å². The van der Waals surface area contributed by atoms with Crippen LogP contribution in [0.5, 0.6) is 0 Å². The van der Waals surface area contributed by atoms with E-state index in [0.29, 0.717) is 6.42 Å². The number of carbonyl (C=O) groups is 1. The fraction of sp³-hybridized carbons (Fsp3) is 0.222. The lowest BCUT2D eigenvalue weighted by atomic mass is 10.1. The van der Waals surface area contributed by atoms with Gasteiger partial charge in [0.1, 0.15) is 0 Å². The second-order valence-corrected chi connectivity index (χ2v) is 7.35. The molecule has 0 bridgehead atoms. The molecule has 0 aliphatic rings. The van der Waals surface area contributed by atoms with Crippen molar-refractivity contribution in [2.24, 2.45) is 0 Å². The van der Waals surface area contributed by atoms with Gasteiger partial charge in [0.25, 0.3) is 0 Å². The molecule has 1 N–H and O–H groups in total. The predicted molar refractivity (Wildman–Crippen MR) is 99.3 cm³/mol. The molecule has 23 heavy (non-hydrogen) atoms. The molecule has 0 unspecified atom stereocenters. The number of benzene rings is 2. The van der Waals surface area contributed by atoms with E-state index in [2.05, 4.69) is 39.4 Å². The average Bonchev–Trinajstić information content (AvgIpc) is 2.56. The Bertz CT molecular complexity index is 692. The molecule has 0 heterocycles. The highest BCUT2D eigenvalue weighted by Gasteiger charge is 2.13. The van der Waals surface area contributed by atoms with Crippen LogP contribution in [-0.4, -0.2) is 11.2 Å². The number of hydrogen-bond acceptors (Lipinski definition) is 3. The van der Waals surface area contributed by atoms with Crippen LogP contribution in [-0.2, 0) is 17.0 Å². The largest absolute Gasteiger partial charge is 0.325 e. The minimum atomic E-state index is -0.141. The van der Waals surface area contributed by atoms with E-state index in [1.165, 1.54) is 5.56 Å². The van der Waals surface area contributed by atoms with E-state index < -0.39 is 0 Å². The molecule has 1 atom stereocenters. The van der Waals surface area contributed by atoms with E-state index in [9.17, 15) is 4.79 Å². The summed E-state index contributed by atoms with van der Waals surface area (Å²) in [6.07, 6.45) is 0.383. The number of thioether (sulfide) groups is 1. The number of halogens is 1. The lowest BCUT2D eigenvalue weighted by Gasteiger charge is -2.12. The highest BCUT2D eigenvalue weighted by molar-refractivity contribution is 9.10. The third-order valence-electron chi connectivity index (χ3n) is 3.29. The van der Waals surface area contributed by atoms with Gasteiger partial charge in [0.05, 0.1) is 17.7 Å². The molecule has 2 aromatic rings. The third kappa shape index (κ3) is 5.74. The molecule has 1 amide bonds. The summed E-state index contributed by atoms with van der Waals surface area (Å²) >= 11 is 5.02. The Morgan fingerprint density at radius 1 is 1.17 bits per heavy atom. The van der Waals surface area contributed by atoms with Crippen LogP contribution in [0.4, 0.5) is 5.69 Å². The maximum atomic E-state index is 12.2. The minimum Gasteiger partial charge on any atom is -0.325 e. The van der Waals surface area contributed by atoms with E-state index in [-0.39, 0.29) is 11.2 Å². The first-order valence-corrected chi connectivity index (χ1v) is 9.05. The quantitative estimate of drug-likeness (QED) is 0.774. The second kappa shape index (κ2) is 8.76. The zero-order chi connectivity index (χ0) is 16.7. The molecule has 0 fully saturated rings. The Balaban J connectivity index is 1.84. The number of carbonyl (C=O) groups excluding carboxylic acids is 1. The van der Waals surface area contributed by atoms with Crippen LogP contribution >= 0.6 is 27.7 Å². The molecule has 0 saturated heterocycles. The van der Waals surface area contributed by atoms with Gasteiger partial charge in [-0.3, -0.25) is 4.79 Å². The Morgan fingerprint density at radius 3 is 2.39 bits per heavy atom. The molecule has 0 saturated carbocycles. The van der Waals surface area contributed by atoms with Crippen molar-refractivity contribution in [3.8, 4) is 6.07 Å². The number of anilines is 1. The van der Waals surface area contributed by atoms with Crippen LogP contribution < -0.4 is 5.32 Å². The third-order valence-corrected chi connectivity index (χ3v) is 5.03. The van der Waals surface area contributed by atoms with Crippen molar-refractivity contribution < 1.29 is 4.79 Å². The highest BCUT2D eigenvalue weighted by atomic mass is 79.9. The molecular weight excluding hydrogens is 372 g/mol. The zero-order valence-corrected chi connectivity index (χ0v) is 15.2. The van der Waals surface area contributed by atoms with E-state index in [0.717, 1.165) is 21.5 Å². The molecule has 3 nitrogen and oxygen atoms in total. The number of nitriles is 1. The van der Waals surface area contributed by atoms with Gasteiger partial charge in [-0.15, -0.1) is 11.8 Å². The summed E-state index contributed by atoms with van der Waals surface area (Å²) in [5.41, 5.74) is 2.90. The fourth-order valence-electron chi connectivity index (χ4n) is 1.92. The smallest absolute Gasteiger partial charge is 0.237 e. The molecule has 118 valence electrons. The maximum Gasteiger partial charge on any atom is 0.237 e. The van der Waals surface area contributed by atoms with Crippen molar-refractivity contribution >= 4 is 39.3 Å². The van der Waals surface area contributed by atoms with Crippen LogP contribution in [0, 0.1) is 11.3 Å². The van der Waals surface area contributed by atoms with Crippen LogP contribution in [0.1, 0.15) is 18.1 Å². The van der Waals surface area contributed by atoms with Crippen molar-refractivity contribution in [1.82, 2.24) is 0 Å². The first kappa shape index (κ1) is 17.6. The number of nitrogens with one attached hydrogen (secondary N) is 1. The molecule has 2 rings (SSSR count). The van der Waals surface area contributed by atoms with E-state index >= 15 is 0 Å². The molecule has 0 aliphatic carbocycles. The van der Waals surface area contributed by atoms with Gasteiger partial charge >= 0.3 is 0 Å². The minimum absolute atomic E-state index is 0.0138. The maximum absolute atomic E-state index is 12.2. The SMILES string of the molecule is C[C@@H](SCc1ccc(Br)cc1)C(=O)Nc1ccc(CC#N)cc1. The van der Waals surface area contributed by atoms with Gasteiger partial charge in [-0.05, 0) is 42.3 Å². The summed E-state index contributed by atoms with van der Waals surface area (Å²) in [6, 6.07) is 17.6. The number of amides is 1. The van der Waals surface area contributed by atoms with Gasteiger partial charge in [0.15, 0.2) is 0 Å². The standard InChI is InChI=1S/C18H17BrN2OS/c1-13(23-12-15-2-6-16(19)7-3-15)18(22)21-17-8-4-14(5-9-17)10-11-20/h2-9,13H,10,12H2,1H3,(H,21,22)/t13-/m1/s1. The van der Waals surface area contributed by atoms with Gasteiger partial charge < -0.3 is 5.32 Å².